The molecule has 0 aromatic carbocycles. The average molecular weight is 306 g/mol. The number of anilines is 1. The summed E-state index contributed by atoms with van der Waals surface area (Å²) in [5.41, 5.74) is 5.49. The lowest BCUT2D eigenvalue weighted by atomic mass is 10.1. The molecule has 0 amide bonds. The Labute approximate surface area is 119 Å². The SMILES string of the molecule is CCC(C)CN(CC)S(=O)(=O)c1cnc(N)c(Cl)c1. The summed E-state index contributed by atoms with van der Waals surface area (Å²) in [7, 11) is -3.56. The smallest absolute Gasteiger partial charge is 0.244 e. The Morgan fingerprint density at radius 3 is 2.58 bits per heavy atom. The van der Waals surface area contributed by atoms with Gasteiger partial charge in [-0.2, -0.15) is 4.31 Å². The Hall–Kier alpha value is -0.850. The number of aromatic nitrogens is 1. The zero-order valence-corrected chi connectivity index (χ0v) is 13.0. The Morgan fingerprint density at radius 2 is 2.11 bits per heavy atom. The van der Waals surface area contributed by atoms with Crippen molar-refractivity contribution in [1.29, 1.82) is 0 Å². The summed E-state index contributed by atoms with van der Waals surface area (Å²) in [5.74, 6) is 0.428. The molecule has 1 aromatic heterocycles. The van der Waals surface area contributed by atoms with Crippen LogP contribution in [0.5, 0.6) is 0 Å². The molecule has 0 saturated heterocycles. The van der Waals surface area contributed by atoms with E-state index in [4.69, 9.17) is 17.3 Å². The van der Waals surface area contributed by atoms with E-state index in [-0.39, 0.29) is 15.7 Å². The van der Waals surface area contributed by atoms with Gasteiger partial charge in [-0.25, -0.2) is 13.4 Å². The highest BCUT2D eigenvalue weighted by Gasteiger charge is 2.25. The zero-order valence-electron chi connectivity index (χ0n) is 11.4. The third-order valence-electron chi connectivity index (χ3n) is 3.05. The highest BCUT2D eigenvalue weighted by atomic mass is 35.5. The Balaban J connectivity index is 3.09. The van der Waals surface area contributed by atoms with E-state index in [1.165, 1.54) is 16.6 Å². The monoisotopic (exact) mass is 305 g/mol. The topological polar surface area (TPSA) is 76.3 Å². The summed E-state index contributed by atoms with van der Waals surface area (Å²) >= 11 is 5.83. The fourth-order valence-electron chi connectivity index (χ4n) is 1.59. The quantitative estimate of drug-likeness (QED) is 0.875. The van der Waals surface area contributed by atoms with Gasteiger partial charge in [0.15, 0.2) is 0 Å². The van der Waals surface area contributed by atoms with Crippen LogP contribution >= 0.6 is 11.6 Å². The molecule has 1 heterocycles. The van der Waals surface area contributed by atoms with E-state index in [2.05, 4.69) is 4.98 Å². The van der Waals surface area contributed by atoms with E-state index in [0.29, 0.717) is 19.0 Å². The van der Waals surface area contributed by atoms with Gasteiger partial charge in [-0.05, 0) is 12.0 Å². The van der Waals surface area contributed by atoms with E-state index in [0.717, 1.165) is 6.42 Å². The molecule has 19 heavy (non-hydrogen) atoms. The van der Waals surface area contributed by atoms with Gasteiger partial charge in [-0.1, -0.05) is 38.8 Å². The van der Waals surface area contributed by atoms with E-state index in [1.54, 1.807) is 0 Å². The lowest BCUT2D eigenvalue weighted by Crippen LogP contribution is -2.34. The van der Waals surface area contributed by atoms with Crippen molar-refractivity contribution >= 4 is 27.4 Å². The van der Waals surface area contributed by atoms with Crippen LogP contribution in [-0.2, 0) is 10.0 Å². The Bertz CT molecular complexity index is 534. The van der Waals surface area contributed by atoms with Crippen LogP contribution < -0.4 is 5.73 Å². The number of nitrogens with zero attached hydrogens (tertiary/aromatic N) is 2. The predicted molar refractivity (Wildman–Crippen MR) is 77.5 cm³/mol. The molecule has 1 atom stereocenters. The van der Waals surface area contributed by atoms with E-state index < -0.39 is 10.0 Å². The lowest BCUT2D eigenvalue weighted by Gasteiger charge is -2.23. The molecule has 0 fully saturated rings. The molecular weight excluding hydrogens is 286 g/mol. The van der Waals surface area contributed by atoms with Crippen LogP contribution in [0.15, 0.2) is 17.2 Å². The first-order chi connectivity index (χ1) is 8.82. The fourth-order valence-corrected chi connectivity index (χ4v) is 3.37. The van der Waals surface area contributed by atoms with Crippen LogP contribution in [-0.4, -0.2) is 30.8 Å². The van der Waals surface area contributed by atoms with Gasteiger partial charge in [-0.3, -0.25) is 0 Å². The summed E-state index contributed by atoms with van der Waals surface area (Å²) in [6.07, 6.45) is 2.17. The number of sulfonamides is 1. The average Bonchev–Trinajstić information content (AvgIpc) is 2.38. The molecule has 0 aliphatic rings. The normalized spacial score (nSPS) is 13.7. The summed E-state index contributed by atoms with van der Waals surface area (Å²) in [5, 5.41) is 0.153. The third-order valence-corrected chi connectivity index (χ3v) is 5.26. The van der Waals surface area contributed by atoms with E-state index in [9.17, 15) is 8.42 Å². The maximum atomic E-state index is 12.5. The molecule has 0 bridgehead atoms. The number of pyridine rings is 1. The van der Waals surface area contributed by atoms with Crippen LogP contribution in [0.25, 0.3) is 0 Å². The van der Waals surface area contributed by atoms with Crippen molar-refractivity contribution in [2.75, 3.05) is 18.8 Å². The van der Waals surface area contributed by atoms with Gasteiger partial charge in [-0.15, -0.1) is 0 Å². The van der Waals surface area contributed by atoms with Crippen molar-refractivity contribution in [1.82, 2.24) is 9.29 Å². The molecule has 108 valence electrons. The second-order valence-electron chi connectivity index (χ2n) is 4.51. The minimum atomic E-state index is -3.56. The van der Waals surface area contributed by atoms with Crippen LogP contribution in [0.1, 0.15) is 27.2 Å². The summed E-state index contributed by atoms with van der Waals surface area (Å²) in [6.45, 7) is 6.76. The van der Waals surface area contributed by atoms with Crippen LogP contribution in [0.3, 0.4) is 0 Å². The van der Waals surface area contributed by atoms with Crippen LogP contribution in [0.2, 0.25) is 5.02 Å². The number of halogens is 1. The first-order valence-electron chi connectivity index (χ1n) is 6.24. The third kappa shape index (κ3) is 3.81. The summed E-state index contributed by atoms with van der Waals surface area (Å²) < 4.78 is 26.4. The van der Waals surface area contributed by atoms with Crippen molar-refractivity contribution in [3.05, 3.63) is 17.3 Å². The molecule has 5 nitrogen and oxygen atoms in total. The minimum absolute atomic E-state index is 0.0804. The number of nitrogens with two attached hydrogens (primary N) is 1. The first-order valence-corrected chi connectivity index (χ1v) is 8.05. The Morgan fingerprint density at radius 1 is 1.47 bits per heavy atom. The van der Waals surface area contributed by atoms with Gasteiger partial charge in [0.2, 0.25) is 10.0 Å². The molecule has 0 aliphatic heterocycles. The van der Waals surface area contributed by atoms with Gasteiger partial charge in [0.1, 0.15) is 10.7 Å². The number of nitrogen functional groups attached to an aromatic ring is 1. The van der Waals surface area contributed by atoms with Gasteiger partial charge in [0.05, 0.1) is 5.02 Å². The highest BCUT2D eigenvalue weighted by molar-refractivity contribution is 7.89. The minimum Gasteiger partial charge on any atom is -0.382 e. The number of hydrogen-bond donors (Lipinski definition) is 1. The molecule has 0 aliphatic carbocycles. The van der Waals surface area contributed by atoms with E-state index >= 15 is 0 Å². The van der Waals surface area contributed by atoms with Crippen LogP contribution in [0, 0.1) is 5.92 Å². The summed E-state index contributed by atoms with van der Waals surface area (Å²) in [4.78, 5) is 3.88. The van der Waals surface area contributed by atoms with Crippen molar-refractivity contribution in [2.45, 2.75) is 32.1 Å². The van der Waals surface area contributed by atoms with Crippen molar-refractivity contribution < 1.29 is 8.42 Å². The molecule has 1 unspecified atom stereocenters. The van der Waals surface area contributed by atoms with Crippen molar-refractivity contribution in [3.63, 3.8) is 0 Å². The molecule has 0 saturated carbocycles. The molecule has 0 radical (unpaired) electrons. The standard InChI is InChI=1S/C12H20ClN3O2S/c1-4-9(3)8-16(5-2)19(17,18)10-6-11(13)12(14)15-7-10/h6-7,9H,4-5,8H2,1-3H3,(H2,14,15). The van der Waals surface area contributed by atoms with Gasteiger partial charge >= 0.3 is 0 Å². The second kappa shape index (κ2) is 6.54. The molecule has 1 aromatic rings. The number of rotatable bonds is 6. The van der Waals surface area contributed by atoms with Crippen LogP contribution in [0.4, 0.5) is 5.82 Å². The first kappa shape index (κ1) is 16.2. The second-order valence-corrected chi connectivity index (χ2v) is 6.85. The maximum absolute atomic E-state index is 12.5. The molecule has 1 rings (SSSR count). The lowest BCUT2D eigenvalue weighted by molar-refractivity contribution is 0.361. The highest BCUT2D eigenvalue weighted by Crippen LogP contribution is 2.23. The maximum Gasteiger partial charge on any atom is 0.244 e. The predicted octanol–water partition coefficient (Wildman–Crippen LogP) is 2.37. The fraction of sp³-hybridized carbons (Fsp3) is 0.583. The molecule has 2 N–H and O–H groups in total. The molecule has 0 spiro atoms. The van der Waals surface area contributed by atoms with Gasteiger partial charge < -0.3 is 5.73 Å². The number of hydrogen-bond acceptors (Lipinski definition) is 4. The molecule has 7 heteroatoms. The van der Waals surface area contributed by atoms with Gasteiger partial charge in [0, 0.05) is 19.3 Å². The van der Waals surface area contributed by atoms with E-state index in [1.807, 2.05) is 20.8 Å². The van der Waals surface area contributed by atoms with Crippen molar-refractivity contribution in [2.24, 2.45) is 5.92 Å². The van der Waals surface area contributed by atoms with Gasteiger partial charge in [0.25, 0.3) is 0 Å². The summed E-state index contributed by atoms with van der Waals surface area (Å²) in [6, 6.07) is 1.35. The van der Waals surface area contributed by atoms with Crippen molar-refractivity contribution in [3.8, 4) is 0 Å². The zero-order chi connectivity index (χ0) is 14.6. The largest absolute Gasteiger partial charge is 0.382 e. The molecular formula is C12H20ClN3O2S. The Kier molecular flexibility index (Phi) is 5.58.